The number of carbonyl (C=O) groups is 1. The Labute approximate surface area is 144 Å². The highest BCUT2D eigenvalue weighted by molar-refractivity contribution is 7.10. The molecule has 24 heavy (non-hydrogen) atoms. The van der Waals surface area contributed by atoms with E-state index in [2.05, 4.69) is 10.6 Å². The zero-order chi connectivity index (χ0) is 17.7. The summed E-state index contributed by atoms with van der Waals surface area (Å²) in [6, 6.07) is 8.30. The highest BCUT2D eigenvalue weighted by Gasteiger charge is 2.17. The maximum Gasteiger partial charge on any atom is 0.319 e. The highest BCUT2D eigenvalue weighted by atomic mass is 32.1. The quantitative estimate of drug-likeness (QED) is 0.619. The second kappa shape index (κ2) is 7.89. The Hall–Kier alpha value is -2.45. The van der Waals surface area contributed by atoms with E-state index in [1.165, 1.54) is 6.07 Å². The molecule has 1 heterocycles. The molecule has 2 amide bonds. The molecule has 0 aliphatic heterocycles. The molecule has 0 fully saturated rings. The number of benzene rings is 1. The van der Waals surface area contributed by atoms with Gasteiger partial charge in [-0.2, -0.15) is 0 Å². The molecule has 7 nitrogen and oxygen atoms in total. The van der Waals surface area contributed by atoms with E-state index in [-0.39, 0.29) is 11.7 Å². The van der Waals surface area contributed by atoms with Crippen LogP contribution in [0.4, 0.5) is 16.2 Å². The number of likely N-dealkylation sites (N-methyl/N-ethyl adjacent to an activating group) is 1. The topological polar surface area (TPSA) is 87.5 Å². The first-order valence-corrected chi connectivity index (χ1v) is 8.26. The van der Waals surface area contributed by atoms with Gasteiger partial charge in [-0.3, -0.25) is 10.1 Å². The molecule has 0 bridgehead atoms. The summed E-state index contributed by atoms with van der Waals surface area (Å²) in [7, 11) is 3.90. The van der Waals surface area contributed by atoms with Gasteiger partial charge in [-0.15, -0.1) is 11.3 Å². The summed E-state index contributed by atoms with van der Waals surface area (Å²) in [5, 5.41) is 18.4. The summed E-state index contributed by atoms with van der Waals surface area (Å²) < 4.78 is 0. The number of nitrogens with one attached hydrogen (secondary N) is 2. The van der Waals surface area contributed by atoms with Gasteiger partial charge in [-0.1, -0.05) is 12.1 Å². The van der Waals surface area contributed by atoms with Gasteiger partial charge in [0.1, 0.15) is 0 Å². The SMILES string of the molecule is Cc1ccc(NC(=O)NC[C@@H](c2cccs2)N(C)C)cc1[N+](=O)[O-]. The molecule has 2 N–H and O–H groups in total. The van der Waals surface area contributed by atoms with Crippen molar-refractivity contribution in [1.29, 1.82) is 0 Å². The van der Waals surface area contributed by atoms with E-state index in [0.717, 1.165) is 4.88 Å². The maximum absolute atomic E-state index is 12.1. The van der Waals surface area contributed by atoms with Crippen LogP contribution in [0.5, 0.6) is 0 Å². The molecule has 2 rings (SSSR count). The summed E-state index contributed by atoms with van der Waals surface area (Å²) in [6.07, 6.45) is 0. The molecule has 2 aromatic rings. The average molecular weight is 348 g/mol. The van der Waals surface area contributed by atoms with Crippen LogP contribution in [0.2, 0.25) is 0 Å². The van der Waals surface area contributed by atoms with Crippen molar-refractivity contribution in [3.8, 4) is 0 Å². The van der Waals surface area contributed by atoms with E-state index < -0.39 is 11.0 Å². The molecule has 0 saturated carbocycles. The van der Waals surface area contributed by atoms with Crippen LogP contribution in [0.3, 0.4) is 0 Å². The molecule has 0 aliphatic carbocycles. The third-order valence-corrected chi connectivity index (χ3v) is 4.59. The fourth-order valence-electron chi connectivity index (χ4n) is 2.27. The summed E-state index contributed by atoms with van der Waals surface area (Å²) in [6.45, 7) is 2.10. The van der Waals surface area contributed by atoms with Crippen LogP contribution in [0, 0.1) is 17.0 Å². The Morgan fingerprint density at radius 2 is 2.12 bits per heavy atom. The molecular formula is C16H20N4O3S. The standard InChI is InChI=1S/C16H20N4O3S/c1-11-6-7-12(9-13(11)20(22)23)18-16(21)17-10-14(19(2)3)15-5-4-8-24-15/h4-9,14H,10H2,1-3H3,(H2,17,18,21)/t14-/m0/s1. The highest BCUT2D eigenvalue weighted by Crippen LogP contribution is 2.23. The van der Waals surface area contributed by atoms with Crippen molar-refractivity contribution < 1.29 is 9.72 Å². The lowest BCUT2D eigenvalue weighted by molar-refractivity contribution is -0.385. The largest absolute Gasteiger partial charge is 0.336 e. The van der Waals surface area contributed by atoms with Gasteiger partial charge >= 0.3 is 6.03 Å². The minimum Gasteiger partial charge on any atom is -0.336 e. The van der Waals surface area contributed by atoms with Crippen LogP contribution >= 0.6 is 11.3 Å². The number of hydrogen-bond donors (Lipinski definition) is 2. The molecule has 0 radical (unpaired) electrons. The van der Waals surface area contributed by atoms with Gasteiger partial charge in [-0.25, -0.2) is 4.79 Å². The second-order valence-corrected chi connectivity index (χ2v) is 6.57. The Balaban J connectivity index is 1.98. The van der Waals surface area contributed by atoms with Gasteiger partial charge in [0.15, 0.2) is 0 Å². The first-order valence-electron chi connectivity index (χ1n) is 7.38. The summed E-state index contributed by atoms with van der Waals surface area (Å²) in [4.78, 5) is 25.8. The van der Waals surface area contributed by atoms with Crippen molar-refractivity contribution >= 4 is 28.7 Å². The third kappa shape index (κ3) is 4.53. The van der Waals surface area contributed by atoms with E-state index in [1.54, 1.807) is 30.4 Å². The number of rotatable bonds is 6. The first kappa shape index (κ1) is 17.9. The van der Waals surface area contributed by atoms with E-state index in [9.17, 15) is 14.9 Å². The van der Waals surface area contributed by atoms with Crippen molar-refractivity contribution in [2.75, 3.05) is 26.0 Å². The monoisotopic (exact) mass is 348 g/mol. The molecule has 0 unspecified atom stereocenters. The van der Waals surface area contributed by atoms with E-state index in [4.69, 9.17) is 0 Å². The van der Waals surface area contributed by atoms with Crippen molar-refractivity contribution in [3.63, 3.8) is 0 Å². The van der Waals surface area contributed by atoms with E-state index in [1.807, 2.05) is 36.5 Å². The van der Waals surface area contributed by atoms with Crippen LogP contribution < -0.4 is 10.6 Å². The smallest absolute Gasteiger partial charge is 0.319 e. The van der Waals surface area contributed by atoms with Gasteiger partial charge in [0.25, 0.3) is 5.69 Å². The molecule has 8 heteroatoms. The van der Waals surface area contributed by atoms with Crippen LogP contribution in [-0.2, 0) is 0 Å². The van der Waals surface area contributed by atoms with Gasteiger partial charge < -0.3 is 15.5 Å². The number of thiophene rings is 1. The minimum absolute atomic E-state index is 0.0162. The number of hydrogen-bond acceptors (Lipinski definition) is 5. The Morgan fingerprint density at radius 1 is 1.38 bits per heavy atom. The number of anilines is 1. The number of nitro benzene ring substituents is 1. The van der Waals surface area contributed by atoms with Gasteiger partial charge in [0, 0.05) is 28.7 Å². The number of aryl methyl sites for hydroxylation is 1. The lowest BCUT2D eigenvalue weighted by Crippen LogP contribution is -2.36. The third-order valence-electron chi connectivity index (χ3n) is 3.61. The summed E-state index contributed by atoms with van der Waals surface area (Å²) in [5.74, 6) is 0. The van der Waals surface area contributed by atoms with Crippen LogP contribution in [0.25, 0.3) is 0 Å². The van der Waals surface area contributed by atoms with Crippen molar-refractivity contribution in [1.82, 2.24) is 10.2 Å². The van der Waals surface area contributed by atoms with Crippen molar-refractivity contribution in [2.45, 2.75) is 13.0 Å². The number of amides is 2. The molecule has 0 aliphatic rings. The zero-order valence-electron chi connectivity index (χ0n) is 13.8. The maximum atomic E-state index is 12.1. The molecule has 128 valence electrons. The Bertz CT molecular complexity index is 716. The molecular weight excluding hydrogens is 328 g/mol. The number of carbonyl (C=O) groups excluding carboxylic acids is 1. The lowest BCUT2D eigenvalue weighted by Gasteiger charge is -2.23. The first-order chi connectivity index (χ1) is 11.4. The number of nitrogens with zero attached hydrogens (tertiary/aromatic N) is 2. The zero-order valence-corrected chi connectivity index (χ0v) is 14.6. The molecule has 0 saturated heterocycles. The van der Waals surface area contributed by atoms with Crippen molar-refractivity contribution in [3.05, 3.63) is 56.3 Å². The van der Waals surface area contributed by atoms with Gasteiger partial charge in [-0.05, 0) is 38.5 Å². The average Bonchev–Trinajstić information content (AvgIpc) is 3.03. The van der Waals surface area contributed by atoms with Gasteiger partial charge in [0.2, 0.25) is 0 Å². The molecule has 1 aromatic heterocycles. The molecule has 0 spiro atoms. The Kier molecular flexibility index (Phi) is 5.88. The fourth-order valence-corrected chi connectivity index (χ4v) is 3.19. The predicted octanol–water partition coefficient (Wildman–Crippen LogP) is 3.39. The number of nitro groups is 1. The minimum atomic E-state index is -0.461. The van der Waals surface area contributed by atoms with Crippen LogP contribution in [0.15, 0.2) is 35.7 Å². The van der Waals surface area contributed by atoms with Gasteiger partial charge in [0.05, 0.1) is 11.0 Å². The predicted molar refractivity (Wildman–Crippen MR) is 95.6 cm³/mol. The summed E-state index contributed by atoms with van der Waals surface area (Å²) >= 11 is 1.63. The molecule has 1 atom stereocenters. The Morgan fingerprint density at radius 3 is 2.71 bits per heavy atom. The normalized spacial score (nSPS) is 12.0. The van der Waals surface area contributed by atoms with Crippen molar-refractivity contribution in [2.24, 2.45) is 0 Å². The van der Waals surface area contributed by atoms with E-state index in [0.29, 0.717) is 17.8 Å². The number of urea groups is 1. The lowest BCUT2D eigenvalue weighted by atomic mass is 10.2. The van der Waals surface area contributed by atoms with Crippen LogP contribution in [0.1, 0.15) is 16.5 Å². The second-order valence-electron chi connectivity index (χ2n) is 5.59. The molecule has 1 aromatic carbocycles. The summed E-state index contributed by atoms with van der Waals surface area (Å²) in [5.41, 5.74) is 0.927. The fraction of sp³-hybridized carbons (Fsp3) is 0.312. The van der Waals surface area contributed by atoms with Crippen LogP contribution in [-0.4, -0.2) is 36.5 Å². The van der Waals surface area contributed by atoms with E-state index >= 15 is 0 Å².